The SMILES string of the molecule is Clc1ncc(COc2cccc3ncccc23)s1. The smallest absolute Gasteiger partial charge is 0.183 e. The molecule has 3 nitrogen and oxygen atoms in total. The number of benzene rings is 1. The van der Waals surface area contributed by atoms with Gasteiger partial charge in [-0.3, -0.25) is 4.98 Å². The topological polar surface area (TPSA) is 35.0 Å². The van der Waals surface area contributed by atoms with Crippen LogP contribution in [0.5, 0.6) is 5.75 Å². The standard InChI is InChI=1S/C13H9ClN2OS/c14-13-16-7-9(18-13)8-17-12-5-1-4-11-10(12)3-2-6-15-11/h1-7H,8H2. The van der Waals surface area contributed by atoms with Crippen molar-refractivity contribution in [1.82, 2.24) is 9.97 Å². The molecule has 0 aliphatic heterocycles. The van der Waals surface area contributed by atoms with E-state index in [4.69, 9.17) is 16.3 Å². The molecule has 0 aliphatic carbocycles. The Morgan fingerprint density at radius 3 is 2.94 bits per heavy atom. The predicted molar refractivity (Wildman–Crippen MR) is 73.2 cm³/mol. The molecule has 2 aromatic heterocycles. The fourth-order valence-corrected chi connectivity index (χ4v) is 2.59. The van der Waals surface area contributed by atoms with E-state index in [1.54, 1.807) is 12.4 Å². The lowest BCUT2D eigenvalue weighted by atomic mass is 10.2. The van der Waals surface area contributed by atoms with Crippen LogP contribution >= 0.6 is 22.9 Å². The fourth-order valence-electron chi connectivity index (χ4n) is 1.70. The van der Waals surface area contributed by atoms with E-state index in [1.807, 2.05) is 30.3 Å². The quantitative estimate of drug-likeness (QED) is 0.727. The van der Waals surface area contributed by atoms with Crippen molar-refractivity contribution in [2.45, 2.75) is 6.61 Å². The normalized spacial score (nSPS) is 10.7. The van der Waals surface area contributed by atoms with Crippen LogP contribution in [0, 0.1) is 0 Å². The van der Waals surface area contributed by atoms with E-state index in [-0.39, 0.29) is 0 Å². The zero-order chi connectivity index (χ0) is 12.4. The maximum absolute atomic E-state index is 5.79. The summed E-state index contributed by atoms with van der Waals surface area (Å²) in [5, 5.41) is 1.01. The molecular weight excluding hydrogens is 268 g/mol. The number of nitrogens with zero attached hydrogens (tertiary/aromatic N) is 2. The summed E-state index contributed by atoms with van der Waals surface area (Å²) >= 11 is 7.21. The Balaban J connectivity index is 1.86. The molecule has 3 aromatic rings. The molecule has 5 heteroatoms. The molecule has 0 unspecified atom stereocenters. The first-order valence-corrected chi connectivity index (χ1v) is 6.59. The summed E-state index contributed by atoms with van der Waals surface area (Å²) in [6.45, 7) is 0.471. The average molecular weight is 277 g/mol. The third kappa shape index (κ3) is 2.30. The second-order valence-corrected chi connectivity index (χ2v) is 5.39. The van der Waals surface area contributed by atoms with Crippen LogP contribution in [-0.2, 0) is 6.61 Å². The molecule has 0 saturated carbocycles. The molecule has 0 amide bonds. The molecule has 0 bridgehead atoms. The summed E-state index contributed by atoms with van der Waals surface area (Å²) in [7, 11) is 0. The highest BCUT2D eigenvalue weighted by Gasteiger charge is 2.04. The van der Waals surface area contributed by atoms with E-state index in [0.29, 0.717) is 11.1 Å². The summed E-state index contributed by atoms with van der Waals surface area (Å²) in [4.78, 5) is 9.27. The minimum Gasteiger partial charge on any atom is -0.487 e. The molecule has 0 radical (unpaired) electrons. The van der Waals surface area contributed by atoms with Crippen LogP contribution in [0.4, 0.5) is 0 Å². The Morgan fingerprint density at radius 2 is 2.11 bits per heavy atom. The molecule has 3 rings (SSSR count). The highest BCUT2D eigenvalue weighted by Crippen LogP contribution is 2.26. The summed E-state index contributed by atoms with van der Waals surface area (Å²) in [5.41, 5.74) is 0.928. The van der Waals surface area contributed by atoms with Crippen molar-refractivity contribution in [2.24, 2.45) is 0 Å². The van der Waals surface area contributed by atoms with Gasteiger partial charge in [0.05, 0.1) is 10.4 Å². The van der Waals surface area contributed by atoms with Crippen molar-refractivity contribution in [3.05, 3.63) is 52.1 Å². The highest BCUT2D eigenvalue weighted by atomic mass is 35.5. The van der Waals surface area contributed by atoms with Crippen LogP contribution in [0.15, 0.2) is 42.7 Å². The number of aromatic nitrogens is 2. The first kappa shape index (κ1) is 11.4. The van der Waals surface area contributed by atoms with Gasteiger partial charge in [0, 0.05) is 17.8 Å². The first-order valence-electron chi connectivity index (χ1n) is 5.40. The lowest BCUT2D eigenvalue weighted by molar-refractivity contribution is 0.313. The van der Waals surface area contributed by atoms with E-state index < -0.39 is 0 Å². The molecule has 0 N–H and O–H groups in total. The average Bonchev–Trinajstić information content (AvgIpc) is 2.82. The Hall–Kier alpha value is -1.65. The lowest BCUT2D eigenvalue weighted by Gasteiger charge is -2.07. The van der Waals surface area contributed by atoms with Crippen LogP contribution in [0.25, 0.3) is 10.9 Å². The number of rotatable bonds is 3. The molecule has 0 spiro atoms. The van der Waals surface area contributed by atoms with E-state index in [2.05, 4.69) is 9.97 Å². The molecule has 0 atom stereocenters. The van der Waals surface area contributed by atoms with Crippen molar-refractivity contribution in [3.63, 3.8) is 0 Å². The predicted octanol–water partition coefficient (Wildman–Crippen LogP) is 3.92. The zero-order valence-corrected chi connectivity index (χ0v) is 10.9. The monoisotopic (exact) mass is 276 g/mol. The molecule has 0 fully saturated rings. The maximum Gasteiger partial charge on any atom is 0.183 e. The molecular formula is C13H9ClN2OS. The molecule has 0 aliphatic rings. The number of ether oxygens (including phenoxy) is 1. The van der Waals surface area contributed by atoms with Gasteiger partial charge in [-0.25, -0.2) is 4.98 Å². The van der Waals surface area contributed by atoms with Gasteiger partial charge < -0.3 is 4.74 Å². The highest BCUT2D eigenvalue weighted by molar-refractivity contribution is 7.15. The summed E-state index contributed by atoms with van der Waals surface area (Å²) in [6.07, 6.45) is 3.51. The first-order chi connectivity index (χ1) is 8.83. The van der Waals surface area contributed by atoms with Gasteiger partial charge in [0.1, 0.15) is 12.4 Å². The molecule has 18 heavy (non-hydrogen) atoms. The number of hydrogen-bond donors (Lipinski definition) is 0. The molecule has 1 aromatic carbocycles. The molecule has 0 saturated heterocycles. The largest absolute Gasteiger partial charge is 0.487 e. The van der Waals surface area contributed by atoms with E-state index in [9.17, 15) is 0 Å². The van der Waals surface area contributed by atoms with Crippen molar-refractivity contribution < 1.29 is 4.74 Å². The van der Waals surface area contributed by atoms with Gasteiger partial charge in [-0.15, -0.1) is 11.3 Å². The van der Waals surface area contributed by atoms with Crippen molar-refractivity contribution in [2.75, 3.05) is 0 Å². The number of hydrogen-bond acceptors (Lipinski definition) is 4. The Bertz CT molecular complexity index is 678. The Morgan fingerprint density at radius 1 is 1.17 bits per heavy atom. The summed E-state index contributed by atoms with van der Waals surface area (Å²) < 4.78 is 6.33. The minimum absolute atomic E-state index is 0.471. The second-order valence-electron chi connectivity index (χ2n) is 3.69. The molecule has 90 valence electrons. The minimum atomic E-state index is 0.471. The number of thiazole rings is 1. The van der Waals surface area contributed by atoms with E-state index >= 15 is 0 Å². The third-order valence-electron chi connectivity index (χ3n) is 2.50. The molecule has 2 heterocycles. The van der Waals surface area contributed by atoms with Gasteiger partial charge in [0.25, 0.3) is 0 Å². The van der Waals surface area contributed by atoms with Gasteiger partial charge in [-0.05, 0) is 24.3 Å². The van der Waals surface area contributed by atoms with E-state index in [1.165, 1.54) is 11.3 Å². The summed E-state index contributed by atoms with van der Waals surface area (Å²) in [5.74, 6) is 0.824. The van der Waals surface area contributed by atoms with Crippen molar-refractivity contribution >= 4 is 33.8 Å². The number of halogens is 1. The van der Waals surface area contributed by atoms with Crippen molar-refractivity contribution in [3.8, 4) is 5.75 Å². The van der Waals surface area contributed by atoms with Crippen molar-refractivity contribution in [1.29, 1.82) is 0 Å². The Labute approximate surface area is 113 Å². The van der Waals surface area contributed by atoms with Crippen LogP contribution in [-0.4, -0.2) is 9.97 Å². The second kappa shape index (κ2) is 4.92. The third-order valence-corrected chi connectivity index (χ3v) is 3.59. The number of pyridine rings is 1. The van der Waals surface area contributed by atoms with Gasteiger partial charge in [0.15, 0.2) is 4.47 Å². The lowest BCUT2D eigenvalue weighted by Crippen LogP contribution is -1.94. The van der Waals surface area contributed by atoms with Crippen LogP contribution in [0.3, 0.4) is 0 Å². The van der Waals surface area contributed by atoms with Gasteiger partial charge >= 0.3 is 0 Å². The van der Waals surface area contributed by atoms with Gasteiger partial charge in [-0.2, -0.15) is 0 Å². The van der Waals surface area contributed by atoms with Gasteiger partial charge in [-0.1, -0.05) is 17.7 Å². The summed E-state index contributed by atoms with van der Waals surface area (Å²) in [6, 6.07) is 9.73. The van der Waals surface area contributed by atoms with Gasteiger partial charge in [0.2, 0.25) is 0 Å². The van der Waals surface area contributed by atoms with Crippen LogP contribution in [0.1, 0.15) is 4.88 Å². The Kier molecular flexibility index (Phi) is 3.13. The van der Waals surface area contributed by atoms with Crippen LogP contribution < -0.4 is 4.74 Å². The fraction of sp³-hybridized carbons (Fsp3) is 0.0769. The zero-order valence-electron chi connectivity index (χ0n) is 9.34. The van der Waals surface area contributed by atoms with Crippen LogP contribution in [0.2, 0.25) is 4.47 Å². The number of fused-ring (bicyclic) bond motifs is 1. The van der Waals surface area contributed by atoms with E-state index in [0.717, 1.165) is 21.5 Å². The maximum atomic E-state index is 5.79.